The van der Waals surface area contributed by atoms with Crippen LogP contribution in [0.15, 0.2) is 0 Å². The highest BCUT2D eigenvalue weighted by Gasteiger charge is 2.44. The Hall–Kier alpha value is -0.610. The monoisotopic (exact) mass is 226 g/mol. The molecular formula is C12H22N2O2. The van der Waals surface area contributed by atoms with E-state index in [2.05, 4.69) is 9.80 Å². The van der Waals surface area contributed by atoms with Gasteiger partial charge in [0.05, 0.1) is 6.42 Å². The van der Waals surface area contributed by atoms with E-state index in [1.807, 2.05) is 14.1 Å². The van der Waals surface area contributed by atoms with Gasteiger partial charge in [-0.3, -0.25) is 4.79 Å². The van der Waals surface area contributed by atoms with Crippen LogP contribution < -0.4 is 0 Å². The molecule has 0 aromatic heterocycles. The number of carbonyl (C=O) groups is 1. The van der Waals surface area contributed by atoms with Crippen molar-refractivity contribution in [2.45, 2.75) is 43.7 Å². The van der Waals surface area contributed by atoms with E-state index in [0.29, 0.717) is 6.04 Å². The minimum absolute atomic E-state index is 0.114. The van der Waals surface area contributed by atoms with Gasteiger partial charge in [0.25, 0.3) is 0 Å². The summed E-state index contributed by atoms with van der Waals surface area (Å²) >= 11 is 0. The third kappa shape index (κ3) is 2.09. The van der Waals surface area contributed by atoms with Crippen molar-refractivity contribution in [1.82, 2.24) is 9.80 Å². The van der Waals surface area contributed by atoms with Crippen LogP contribution in [0.25, 0.3) is 0 Å². The molecular weight excluding hydrogens is 204 g/mol. The predicted octanol–water partition coefficient (Wildman–Crippen LogP) is 1.02. The number of hydrogen-bond acceptors (Lipinski definition) is 3. The van der Waals surface area contributed by atoms with Crippen LogP contribution in [0, 0.1) is 0 Å². The van der Waals surface area contributed by atoms with E-state index in [4.69, 9.17) is 5.11 Å². The number of carboxylic acid groups (broad SMARTS) is 1. The molecule has 2 fully saturated rings. The Morgan fingerprint density at radius 2 is 2.25 bits per heavy atom. The molecule has 0 radical (unpaired) electrons. The molecule has 4 nitrogen and oxygen atoms in total. The van der Waals surface area contributed by atoms with Crippen molar-refractivity contribution in [2.24, 2.45) is 0 Å². The molecule has 0 bridgehead atoms. The van der Waals surface area contributed by atoms with Gasteiger partial charge in [0.15, 0.2) is 0 Å². The topological polar surface area (TPSA) is 43.8 Å². The van der Waals surface area contributed by atoms with Gasteiger partial charge in [-0.25, -0.2) is 0 Å². The van der Waals surface area contributed by atoms with E-state index in [9.17, 15) is 4.79 Å². The number of fused-ring (bicyclic) bond motifs is 1. The Morgan fingerprint density at radius 1 is 1.50 bits per heavy atom. The lowest BCUT2D eigenvalue weighted by atomic mass is 9.79. The van der Waals surface area contributed by atoms with Gasteiger partial charge in [0.2, 0.25) is 0 Å². The minimum Gasteiger partial charge on any atom is -0.481 e. The van der Waals surface area contributed by atoms with E-state index in [1.54, 1.807) is 0 Å². The molecule has 4 heteroatoms. The molecule has 0 aromatic carbocycles. The summed E-state index contributed by atoms with van der Waals surface area (Å²) in [5.41, 5.74) is -0.114. The highest BCUT2D eigenvalue weighted by molar-refractivity contribution is 5.68. The molecule has 92 valence electrons. The van der Waals surface area contributed by atoms with Crippen molar-refractivity contribution >= 4 is 5.97 Å². The average molecular weight is 226 g/mol. The first-order valence-corrected chi connectivity index (χ1v) is 6.17. The molecule has 2 aliphatic rings. The number of nitrogens with zero attached hydrogens (tertiary/aromatic N) is 2. The van der Waals surface area contributed by atoms with Gasteiger partial charge in [-0.15, -0.1) is 0 Å². The summed E-state index contributed by atoms with van der Waals surface area (Å²) < 4.78 is 0. The van der Waals surface area contributed by atoms with Crippen molar-refractivity contribution in [2.75, 3.05) is 27.2 Å². The number of carboxylic acids is 1. The SMILES string of the molecule is CN(C)C1(CC(=O)O)CCN2CCCC2C1. The van der Waals surface area contributed by atoms with Crippen molar-refractivity contribution in [3.63, 3.8) is 0 Å². The summed E-state index contributed by atoms with van der Waals surface area (Å²) in [5.74, 6) is -0.667. The van der Waals surface area contributed by atoms with E-state index in [-0.39, 0.29) is 12.0 Å². The largest absolute Gasteiger partial charge is 0.481 e. The van der Waals surface area contributed by atoms with Crippen LogP contribution >= 0.6 is 0 Å². The molecule has 2 atom stereocenters. The van der Waals surface area contributed by atoms with E-state index in [0.717, 1.165) is 19.4 Å². The lowest BCUT2D eigenvalue weighted by Crippen LogP contribution is -2.55. The quantitative estimate of drug-likeness (QED) is 0.780. The Balaban J connectivity index is 2.11. The van der Waals surface area contributed by atoms with Crippen molar-refractivity contribution in [3.05, 3.63) is 0 Å². The van der Waals surface area contributed by atoms with Gasteiger partial charge < -0.3 is 14.9 Å². The first-order chi connectivity index (χ1) is 7.53. The van der Waals surface area contributed by atoms with Crippen LogP contribution in [-0.2, 0) is 4.79 Å². The second-order valence-electron chi connectivity index (χ2n) is 5.48. The molecule has 0 spiro atoms. The van der Waals surface area contributed by atoms with Crippen LogP contribution in [0.4, 0.5) is 0 Å². The second-order valence-corrected chi connectivity index (χ2v) is 5.48. The fourth-order valence-electron chi connectivity index (χ4n) is 3.32. The lowest BCUT2D eigenvalue weighted by Gasteiger charge is -2.47. The summed E-state index contributed by atoms with van der Waals surface area (Å²) in [7, 11) is 4.04. The number of rotatable bonds is 3. The van der Waals surface area contributed by atoms with E-state index in [1.165, 1.54) is 19.4 Å². The fourth-order valence-corrected chi connectivity index (χ4v) is 3.32. The molecule has 0 aliphatic carbocycles. The van der Waals surface area contributed by atoms with Gasteiger partial charge in [0, 0.05) is 18.1 Å². The summed E-state index contributed by atoms with van der Waals surface area (Å²) in [6.45, 7) is 2.28. The van der Waals surface area contributed by atoms with Crippen molar-refractivity contribution in [3.8, 4) is 0 Å². The van der Waals surface area contributed by atoms with Crippen LogP contribution in [0.3, 0.4) is 0 Å². The van der Waals surface area contributed by atoms with Gasteiger partial charge >= 0.3 is 5.97 Å². The lowest BCUT2D eigenvalue weighted by molar-refractivity contribution is -0.141. The molecule has 0 aromatic rings. The predicted molar refractivity (Wildman–Crippen MR) is 62.5 cm³/mol. The maximum absolute atomic E-state index is 11.0. The Labute approximate surface area is 97.2 Å². The molecule has 1 N–H and O–H groups in total. The van der Waals surface area contributed by atoms with Crippen LogP contribution in [0.5, 0.6) is 0 Å². The summed E-state index contributed by atoms with van der Waals surface area (Å²) in [4.78, 5) is 15.7. The molecule has 2 aliphatic heterocycles. The maximum Gasteiger partial charge on any atom is 0.305 e. The Kier molecular flexibility index (Phi) is 3.22. The highest BCUT2D eigenvalue weighted by Crippen LogP contribution is 2.37. The molecule has 2 saturated heterocycles. The summed E-state index contributed by atoms with van der Waals surface area (Å²) in [6.07, 6.45) is 4.82. The Bertz CT molecular complexity index is 280. The van der Waals surface area contributed by atoms with Gasteiger partial charge in [-0.1, -0.05) is 0 Å². The van der Waals surface area contributed by atoms with E-state index >= 15 is 0 Å². The molecule has 2 heterocycles. The Morgan fingerprint density at radius 3 is 2.88 bits per heavy atom. The van der Waals surface area contributed by atoms with Gasteiger partial charge in [-0.2, -0.15) is 0 Å². The zero-order chi connectivity index (χ0) is 11.8. The van der Waals surface area contributed by atoms with Crippen molar-refractivity contribution < 1.29 is 9.90 Å². The minimum atomic E-state index is -0.667. The number of hydrogen-bond donors (Lipinski definition) is 1. The first kappa shape index (κ1) is 11.9. The zero-order valence-corrected chi connectivity index (χ0v) is 10.3. The second kappa shape index (κ2) is 4.34. The summed E-state index contributed by atoms with van der Waals surface area (Å²) in [6, 6.07) is 0.621. The number of piperidine rings is 1. The fraction of sp³-hybridized carbons (Fsp3) is 0.917. The van der Waals surface area contributed by atoms with Crippen LogP contribution in [-0.4, -0.2) is 59.6 Å². The third-order valence-corrected chi connectivity index (χ3v) is 4.41. The van der Waals surface area contributed by atoms with Crippen LogP contribution in [0.1, 0.15) is 32.1 Å². The first-order valence-electron chi connectivity index (χ1n) is 6.17. The van der Waals surface area contributed by atoms with Crippen LogP contribution in [0.2, 0.25) is 0 Å². The average Bonchev–Trinajstić information content (AvgIpc) is 2.63. The number of aliphatic carboxylic acids is 1. The standard InChI is InChI=1S/C12H22N2O2/c1-13(2)12(9-11(15)16)5-7-14-6-3-4-10(14)8-12/h10H,3-9H2,1-2H3,(H,15,16). The molecule has 2 rings (SSSR count). The molecule has 2 unspecified atom stereocenters. The summed E-state index contributed by atoms with van der Waals surface area (Å²) in [5, 5.41) is 9.08. The highest BCUT2D eigenvalue weighted by atomic mass is 16.4. The smallest absolute Gasteiger partial charge is 0.305 e. The molecule has 16 heavy (non-hydrogen) atoms. The van der Waals surface area contributed by atoms with Gasteiger partial charge in [-0.05, 0) is 46.3 Å². The molecule has 0 amide bonds. The maximum atomic E-state index is 11.0. The molecule has 0 saturated carbocycles. The zero-order valence-electron chi connectivity index (χ0n) is 10.3. The van der Waals surface area contributed by atoms with Crippen molar-refractivity contribution in [1.29, 1.82) is 0 Å². The van der Waals surface area contributed by atoms with Gasteiger partial charge in [0.1, 0.15) is 0 Å². The van der Waals surface area contributed by atoms with E-state index < -0.39 is 5.97 Å². The third-order valence-electron chi connectivity index (χ3n) is 4.41. The normalized spacial score (nSPS) is 35.3.